The highest BCUT2D eigenvalue weighted by Crippen LogP contribution is 2.26. The molecule has 0 saturated carbocycles. The predicted octanol–water partition coefficient (Wildman–Crippen LogP) is 4.71. The summed E-state index contributed by atoms with van der Waals surface area (Å²) < 4.78 is 5.66. The molecule has 0 bridgehead atoms. The number of hydrogen-bond acceptors (Lipinski definition) is 4. The monoisotopic (exact) mass is 377 g/mol. The first-order valence-electron chi connectivity index (χ1n) is 9.34. The van der Waals surface area contributed by atoms with Gasteiger partial charge in [0.2, 0.25) is 0 Å². The second-order valence-corrected chi connectivity index (χ2v) is 6.78. The summed E-state index contributed by atoms with van der Waals surface area (Å²) >= 11 is 0. The Morgan fingerprint density at radius 1 is 1.18 bits per heavy atom. The van der Waals surface area contributed by atoms with E-state index in [0.29, 0.717) is 6.61 Å². The predicted molar refractivity (Wildman–Crippen MR) is 112 cm³/mol. The van der Waals surface area contributed by atoms with Crippen molar-refractivity contribution in [1.29, 1.82) is 5.26 Å². The molecule has 28 heavy (non-hydrogen) atoms. The van der Waals surface area contributed by atoms with Crippen molar-refractivity contribution in [3.8, 4) is 11.8 Å². The summed E-state index contributed by atoms with van der Waals surface area (Å²) in [6.07, 6.45) is 1.44. The molecule has 0 fully saturated rings. The number of ether oxygens (including phenoxy) is 1. The minimum absolute atomic E-state index is 0.00990. The molecule has 0 aliphatic heterocycles. The third-order valence-corrected chi connectivity index (χ3v) is 4.53. The third kappa shape index (κ3) is 5.37. The molecule has 2 aromatic carbocycles. The van der Waals surface area contributed by atoms with Gasteiger partial charge in [-0.05, 0) is 63.9 Å². The molecule has 0 radical (unpaired) electrons. The van der Waals surface area contributed by atoms with Crippen molar-refractivity contribution in [2.24, 2.45) is 0 Å². The summed E-state index contributed by atoms with van der Waals surface area (Å²) in [4.78, 5) is 12.6. The first-order valence-corrected chi connectivity index (χ1v) is 9.34. The van der Waals surface area contributed by atoms with E-state index in [9.17, 15) is 10.1 Å². The fraction of sp³-hybridized carbons (Fsp3) is 0.304. The molecule has 0 aromatic heterocycles. The minimum atomic E-state index is -0.435. The van der Waals surface area contributed by atoms with Crippen LogP contribution >= 0.6 is 0 Å². The molecular weight excluding hydrogens is 350 g/mol. The van der Waals surface area contributed by atoms with Gasteiger partial charge >= 0.3 is 0 Å². The van der Waals surface area contributed by atoms with Gasteiger partial charge < -0.3 is 15.4 Å². The number of nitriles is 1. The Balaban J connectivity index is 2.14. The fourth-order valence-corrected chi connectivity index (χ4v) is 2.78. The second-order valence-electron chi connectivity index (χ2n) is 6.78. The van der Waals surface area contributed by atoms with E-state index in [1.54, 1.807) is 0 Å². The summed E-state index contributed by atoms with van der Waals surface area (Å²) in [6, 6.07) is 13.4. The number of anilines is 1. The second kappa shape index (κ2) is 9.61. The first kappa shape index (κ1) is 21.0. The van der Waals surface area contributed by atoms with Crippen LogP contribution in [0.3, 0.4) is 0 Å². The van der Waals surface area contributed by atoms with Crippen LogP contribution in [0.25, 0.3) is 0 Å². The summed E-state index contributed by atoms with van der Waals surface area (Å²) in [7, 11) is 0. The van der Waals surface area contributed by atoms with Crippen LogP contribution in [0.5, 0.6) is 5.75 Å². The molecule has 2 N–H and O–H groups in total. The molecule has 0 saturated heterocycles. The average molecular weight is 377 g/mol. The van der Waals surface area contributed by atoms with E-state index in [1.807, 2.05) is 77.1 Å². The lowest BCUT2D eigenvalue weighted by Gasteiger charge is -2.18. The maximum Gasteiger partial charge on any atom is 0.263 e. The zero-order chi connectivity index (χ0) is 20.7. The molecule has 5 heteroatoms. The fourth-order valence-electron chi connectivity index (χ4n) is 2.78. The molecule has 1 unspecified atom stereocenters. The Kier molecular flexibility index (Phi) is 7.22. The highest BCUT2D eigenvalue weighted by molar-refractivity contribution is 5.97. The van der Waals surface area contributed by atoms with Gasteiger partial charge in [0.05, 0.1) is 12.6 Å². The number of benzene rings is 2. The SMILES string of the molecule is CCOc1ccc(C)cc1C(C)NC(=O)/C(C#N)=C\Nc1ccc(C)c(C)c1. The van der Waals surface area contributed by atoms with Gasteiger partial charge in [0.15, 0.2) is 0 Å². The van der Waals surface area contributed by atoms with Gasteiger partial charge in [-0.2, -0.15) is 5.26 Å². The van der Waals surface area contributed by atoms with Gasteiger partial charge in [-0.3, -0.25) is 4.79 Å². The van der Waals surface area contributed by atoms with Gasteiger partial charge in [0.25, 0.3) is 5.91 Å². The Bertz CT molecular complexity index is 926. The number of aryl methyl sites for hydroxylation is 3. The van der Waals surface area contributed by atoms with Gasteiger partial charge in [0, 0.05) is 17.5 Å². The molecule has 2 aromatic rings. The van der Waals surface area contributed by atoms with Crippen LogP contribution in [0.4, 0.5) is 5.69 Å². The lowest BCUT2D eigenvalue weighted by atomic mass is 10.0. The quantitative estimate of drug-likeness (QED) is 0.541. The molecule has 0 spiro atoms. The smallest absolute Gasteiger partial charge is 0.263 e. The van der Waals surface area contributed by atoms with Crippen molar-refractivity contribution in [3.63, 3.8) is 0 Å². The van der Waals surface area contributed by atoms with E-state index in [2.05, 4.69) is 10.6 Å². The minimum Gasteiger partial charge on any atom is -0.494 e. The maximum absolute atomic E-state index is 12.6. The Morgan fingerprint density at radius 2 is 1.93 bits per heavy atom. The summed E-state index contributed by atoms with van der Waals surface area (Å²) in [5.41, 5.74) is 5.12. The van der Waals surface area contributed by atoms with E-state index in [0.717, 1.165) is 28.1 Å². The van der Waals surface area contributed by atoms with E-state index >= 15 is 0 Å². The van der Waals surface area contributed by atoms with Crippen molar-refractivity contribution < 1.29 is 9.53 Å². The van der Waals surface area contributed by atoms with E-state index in [4.69, 9.17) is 4.74 Å². The molecule has 0 aliphatic carbocycles. The Labute approximate surface area is 167 Å². The highest BCUT2D eigenvalue weighted by Gasteiger charge is 2.17. The van der Waals surface area contributed by atoms with Crippen molar-refractivity contribution in [2.75, 3.05) is 11.9 Å². The number of carbonyl (C=O) groups excluding carboxylic acids is 1. The molecule has 5 nitrogen and oxygen atoms in total. The molecular formula is C23H27N3O2. The normalized spacial score (nSPS) is 12.1. The number of carbonyl (C=O) groups is 1. The number of nitrogens with one attached hydrogen (secondary N) is 2. The van der Waals surface area contributed by atoms with Crippen LogP contribution in [0, 0.1) is 32.1 Å². The molecule has 0 aliphatic rings. The Morgan fingerprint density at radius 3 is 2.57 bits per heavy atom. The summed E-state index contributed by atoms with van der Waals surface area (Å²) in [6.45, 7) is 10.4. The standard InChI is InChI=1S/C23H27N3O2/c1-6-28-22-10-7-15(2)11-21(22)18(5)26-23(27)19(13-24)14-25-20-9-8-16(3)17(4)12-20/h7-12,14,18,25H,6H2,1-5H3,(H,26,27)/b19-14-. The number of amides is 1. The zero-order valence-corrected chi connectivity index (χ0v) is 17.1. The number of rotatable bonds is 7. The summed E-state index contributed by atoms with van der Waals surface area (Å²) in [5, 5.41) is 15.3. The molecule has 1 atom stereocenters. The van der Waals surface area contributed by atoms with Crippen molar-refractivity contribution in [2.45, 2.75) is 40.7 Å². The lowest BCUT2D eigenvalue weighted by Crippen LogP contribution is -2.28. The molecule has 1 amide bonds. The van der Waals surface area contributed by atoms with Crippen LogP contribution in [0.1, 0.15) is 42.1 Å². The van der Waals surface area contributed by atoms with Crippen molar-refractivity contribution in [1.82, 2.24) is 5.32 Å². The average Bonchev–Trinajstić information content (AvgIpc) is 2.66. The van der Waals surface area contributed by atoms with Crippen molar-refractivity contribution in [3.05, 3.63) is 70.4 Å². The van der Waals surface area contributed by atoms with E-state index in [-0.39, 0.29) is 11.6 Å². The summed E-state index contributed by atoms with van der Waals surface area (Å²) in [5.74, 6) is 0.298. The van der Waals surface area contributed by atoms with Gasteiger partial charge in [-0.25, -0.2) is 0 Å². The topological polar surface area (TPSA) is 74.1 Å². The van der Waals surface area contributed by atoms with Crippen LogP contribution in [-0.4, -0.2) is 12.5 Å². The number of nitrogens with zero attached hydrogens (tertiary/aromatic N) is 1. The van der Waals surface area contributed by atoms with Crippen molar-refractivity contribution >= 4 is 11.6 Å². The molecule has 0 heterocycles. The Hall–Kier alpha value is -3.26. The molecule has 2 rings (SSSR count). The lowest BCUT2D eigenvalue weighted by molar-refractivity contribution is -0.117. The molecule has 146 valence electrons. The number of hydrogen-bond donors (Lipinski definition) is 2. The van der Waals surface area contributed by atoms with E-state index in [1.165, 1.54) is 11.8 Å². The van der Waals surface area contributed by atoms with Gasteiger partial charge in [0.1, 0.15) is 17.4 Å². The first-order chi connectivity index (χ1) is 13.3. The van der Waals surface area contributed by atoms with Crippen LogP contribution in [0.2, 0.25) is 0 Å². The highest BCUT2D eigenvalue weighted by atomic mass is 16.5. The zero-order valence-electron chi connectivity index (χ0n) is 17.1. The maximum atomic E-state index is 12.6. The van der Waals surface area contributed by atoms with Gasteiger partial charge in [-0.1, -0.05) is 23.8 Å². The van der Waals surface area contributed by atoms with Crippen LogP contribution in [0.15, 0.2) is 48.2 Å². The largest absolute Gasteiger partial charge is 0.494 e. The van der Waals surface area contributed by atoms with Gasteiger partial charge in [-0.15, -0.1) is 0 Å². The van der Waals surface area contributed by atoms with Crippen LogP contribution in [-0.2, 0) is 4.79 Å². The van der Waals surface area contributed by atoms with E-state index < -0.39 is 5.91 Å². The van der Waals surface area contributed by atoms with Crippen LogP contribution < -0.4 is 15.4 Å². The third-order valence-electron chi connectivity index (χ3n) is 4.53.